The zero-order chi connectivity index (χ0) is 13.3. The maximum atomic E-state index is 10.7. The number of carbonyl (C=O) groups excluding carboxylic acids is 2. The summed E-state index contributed by atoms with van der Waals surface area (Å²) in [5.74, 6) is -0.413. The van der Waals surface area contributed by atoms with Crippen molar-refractivity contribution in [2.75, 3.05) is 5.32 Å². The molecule has 0 bridgehead atoms. The van der Waals surface area contributed by atoms with Gasteiger partial charge in [-0.3, -0.25) is 9.59 Å². The van der Waals surface area contributed by atoms with E-state index < -0.39 is 0 Å². The Morgan fingerprint density at radius 1 is 1.18 bits per heavy atom. The Hall–Kier alpha value is -1.84. The van der Waals surface area contributed by atoms with Crippen LogP contribution in [0, 0.1) is 0 Å². The van der Waals surface area contributed by atoms with Crippen LogP contribution in [0.5, 0.6) is 0 Å². The maximum absolute atomic E-state index is 10.7. The average molecular weight is 239 g/mol. The van der Waals surface area contributed by atoms with Gasteiger partial charge >= 0.3 is 5.97 Å². The van der Waals surface area contributed by atoms with Gasteiger partial charge in [0.25, 0.3) is 0 Å². The molecule has 0 aliphatic heterocycles. The van der Waals surface area contributed by atoms with E-state index in [2.05, 4.69) is 5.32 Å². The van der Waals surface area contributed by atoms with Crippen LogP contribution in [0.25, 0.3) is 0 Å². The summed E-state index contributed by atoms with van der Waals surface area (Å²) in [6, 6.07) is 7.13. The molecule has 17 heavy (non-hydrogen) atoms. The van der Waals surface area contributed by atoms with Gasteiger partial charge in [-0.25, -0.2) is 0 Å². The first-order chi connectivity index (χ1) is 8.08. The van der Waals surface area contributed by atoms with Crippen LogP contribution in [0.2, 0.25) is 0 Å². The highest BCUT2D eigenvalue weighted by molar-refractivity contribution is 5.88. The van der Waals surface area contributed by atoms with Gasteiger partial charge in [-0.05, 0) is 17.7 Å². The van der Waals surface area contributed by atoms with Crippen LogP contribution in [0.4, 0.5) is 5.69 Å². The van der Waals surface area contributed by atoms with Gasteiger partial charge < -0.3 is 10.1 Å². The van der Waals surface area contributed by atoms with Gasteiger partial charge in [0.05, 0.1) is 0 Å². The van der Waals surface area contributed by atoms with Crippen LogP contribution >= 0.6 is 0 Å². The SMILES string of the molecule is CC.CC(=O)Nc1ccc(COC(C)=O)cc1.[HH]. The second-order valence-electron chi connectivity index (χ2n) is 3.16. The quantitative estimate of drug-likeness (QED) is 0.825. The lowest BCUT2D eigenvalue weighted by molar-refractivity contribution is -0.142. The number of esters is 1. The Labute approximate surface area is 103 Å². The van der Waals surface area contributed by atoms with E-state index >= 15 is 0 Å². The number of benzene rings is 1. The van der Waals surface area contributed by atoms with Crippen molar-refractivity contribution in [1.29, 1.82) is 0 Å². The van der Waals surface area contributed by atoms with Gasteiger partial charge in [0.15, 0.2) is 0 Å². The van der Waals surface area contributed by atoms with E-state index in [0.29, 0.717) is 0 Å². The number of hydrogen-bond donors (Lipinski definition) is 1. The molecule has 4 nitrogen and oxygen atoms in total. The van der Waals surface area contributed by atoms with Crippen molar-refractivity contribution in [3.05, 3.63) is 29.8 Å². The number of ether oxygens (including phenoxy) is 1. The van der Waals surface area contributed by atoms with Crippen LogP contribution in [-0.4, -0.2) is 11.9 Å². The van der Waals surface area contributed by atoms with Crippen LogP contribution < -0.4 is 5.32 Å². The lowest BCUT2D eigenvalue weighted by Gasteiger charge is -2.04. The summed E-state index contributed by atoms with van der Waals surface area (Å²) >= 11 is 0. The molecule has 1 aromatic carbocycles. The van der Waals surface area contributed by atoms with Crippen molar-refractivity contribution in [2.24, 2.45) is 0 Å². The molecule has 0 spiro atoms. The monoisotopic (exact) mass is 239 g/mol. The Balaban J connectivity index is 0. The molecule has 0 heterocycles. The molecule has 0 saturated heterocycles. The van der Waals surface area contributed by atoms with E-state index in [1.165, 1.54) is 13.8 Å². The zero-order valence-corrected chi connectivity index (χ0v) is 10.7. The van der Waals surface area contributed by atoms with Gasteiger partial charge in [0.2, 0.25) is 5.91 Å². The molecule has 1 aromatic rings. The summed E-state index contributed by atoms with van der Waals surface area (Å²) in [5, 5.41) is 2.65. The third-order valence-electron chi connectivity index (χ3n) is 1.72. The minimum absolute atomic E-state index is 0. The largest absolute Gasteiger partial charge is 0.461 e. The standard InChI is InChI=1S/C11H13NO3.C2H6.H2/c1-8(13)12-11-5-3-10(4-6-11)7-15-9(2)14;1-2;/h3-6H,7H2,1-2H3,(H,12,13);1-2H3;1H. The van der Waals surface area contributed by atoms with E-state index in [1.54, 1.807) is 24.3 Å². The molecule has 0 aliphatic carbocycles. The Morgan fingerprint density at radius 3 is 2.12 bits per heavy atom. The van der Waals surface area contributed by atoms with Crippen LogP contribution in [0.3, 0.4) is 0 Å². The third-order valence-corrected chi connectivity index (χ3v) is 1.72. The number of amides is 1. The highest BCUT2D eigenvalue weighted by Gasteiger charge is 1.98. The second kappa shape index (κ2) is 8.33. The molecule has 1 amide bonds. The van der Waals surface area contributed by atoms with Gasteiger partial charge in [0, 0.05) is 21.0 Å². The fraction of sp³-hybridized carbons (Fsp3) is 0.385. The maximum Gasteiger partial charge on any atom is 0.302 e. The first-order valence-corrected chi connectivity index (χ1v) is 5.58. The van der Waals surface area contributed by atoms with E-state index in [0.717, 1.165) is 11.3 Å². The molecule has 0 atom stereocenters. The fourth-order valence-corrected chi connectivity index (χ4v) is 1.07. The molecule has 0 aliphatic rings. The lowest BCUT2D eigenvalue weighted by atomic mass is 10.2. The van der Waals surface area contributed by atoms with E-state index in [4.69, 9.17) is 4.74 Å². The normalized spacial score (nSPS) is 8.71. The van der Waals surface area contributed by atoms with Crippen LogP contribution in [-0.2, 0) is 20.9 Å². The minimum atomic E-state index is -0.305. The summed E-state index contributed by atoms with van der Waals surface area (Å²) in [7, 11) is 0. The topological polar surface area (TPSA) is 55.4 Å². The summed E-state index contributed by atoms with van der Waals surface area (Å²) in [5.41, 5.74) is 1.62. The van der Waals surface area contributed by atoms with Crippen LogP contribution in [0.1, 0.15) is 34.7 Å². The molecule has 96 valence electrons. The van der Waals surface area contributed by atoms with Crippen molar-refractivity contribution in [2.45, 2.75) is 34.3 Å². The molecule has 0 aromatic heterocycles. The molecule has 4 heteroatoms. The second-order valence-corrected chi connectivity index (χ2v) is 3.16. The highest BCUT2D eigenvalue weighted by Crippen LogP contribution is 2.10. The van der Waals surface area contributed by atoms with Crippen LogP contribution in [0.15, 0.2) is 24.3 Å². The summed E-state index contributed by atoms with van der Waals surface area (Å²) < 4.78 is 4.82. The smallest absolute Gasteiger partial charge is 0.302 e. The van der Waals surface area contributed by atoms with Gasteiger partial charge in [0.1, 0.15) is 6.61 Å². The molecular formula is C13H21NO3. The molecule has 0 fully saturated rings. The fourth-order valence-electron chi connectivity index (χ4n) is 1.07. The van der Waals surface area contributed by atoms with Gasteiger partial charge in [-0.2, -0.15) is 0 Å². The van der Waals surface area contributed by atoms with Crippen molar-refractivity contribution in [3.8, 4) is 0 Å². The number of rotatable bonds is 3. The molecule has 0 radical (unpaired) electrons. The zero-order valence-electron chi connectivity index (χ0n) is 10.7. The molecule has 1 N–H and O–H groups in total. The van der Waals surface area contributed by atoms with E-state index in [1.807, 2.05) is 13.8 Å². The summed E-state index contributed by atoms with van der Waals surface area (Å²) in [6.45, 7) is 7.08. The highest BCUT2D eigenvalue weighted by atomic mass is 16.5. The third kappa shape index (κ3) is 7.11. The summed E-state index contributed by atoms with van der Waals surface area (Å²) in [6.07, 6.45) is 0. The Bertz CT molecular complexity index is 363. The van der Waals surface area contributed by atoms with Crippen molar-refractivity contribution in [1.82, 2.24) is 0 Å². The molecule has 1 rings (SSSR count). The first-order valence-electron chi connectivity index (χ1n) is 5.58. The van der Waals surface area contributed by atoms with Crippen molar-refractivity contribution in [3.63, 3.8) is 0 Å². The van der Waals surface area contributed by atoms with E-state index in [-0.39, 0.29) is 19.9 Å². The average Bonchev–Trinajstić information content (AvgIpc) is 2.30. The lowest BCUT2D eigenvalue weighted by Crippen LogP contribution is -2.05. The predicted octanol–water partition coefficient (Wildman–Crippen LogP) is 2.98. The number of hydrogen-bond acceptors (Lipinski definition) is 3. The Kier molecular flexibility index (Phi) is 7.43. The van der Waals surface area contributed by atoms with Crippen molar-refractivity contribution >= 4 is 17.6 Å². The van der Waals surface area contributed by atoms with Gasteiger partial charge in [-0.15, -0.1) is 0 Å². The van der Waals surface area contributed by atoms with Gasteiger partial charge in [-0.1, -0.05) is 26.0 Å². The molecule has 0 saturated carbocycles. The number of nitrogens with one attached hydrogen (secondary N) is 1. The molecule has 0 unspecified atom stereocenters. The minimum Gasteiger partial charge on any atom is -0.461 e. The number of carbonyl (C=O) groups is 2. The first kappa shape index (κ1) is 15.2. The van der Waals surface area contributed by atoms with E-state index in [9.17, 15) is 9.59 Å². The Morgan fingerprint density at radius 2 is 1.71 bits per heavy atom. The number of anilines is 1. The van der Waals surface area contributed by atoms with Crippen molar-refractivity contribution < 1.29 is 15.8 Å². The summed E-state index contributed by atoms with van der Waals surface area (Å²) in [4.78, 5) is 21.3. The molecular weight excluding hydrogens is 218 g/mol. The predicted molar refractivity (Wildman–Crippen MR) is 69.7 cm³/mol.